The van der Waals surface area contributed by atoms with Crippen LogP contribution in [-0.2, 0) is 10.2 Å². The summed E-state index contributed by atoms with van der Waals surface area (Å²) in [7, 11) is 0. The first-order valence-electron chi connectivity index (χ1n) is 6.73. The second-order valence-corrected chi connectivity index (χ2v) is 6.99. The third kappa shape index (κ3) is 4.37. The lowest BCUT2D eigenvalue weighted by Crippen LogP contribution is -2.46. The quantitative estimate of drug-likeness (QED) is 0.775. The van der Waals surface area contributed by atoms with Gasteiger partial charge in [-0.1, -0.05) is 53.7 Å². The minimum atomic E-state index is -0.538. The van der Waals surface area contributed by atoms with E-state index in [1.165, 1.54) is 0 Å². The van der Waals surface area contributed by atoms with E-state index in [0.717, 1.165) is 5.56 Å². The van der Waals surface area contributed by atoms with E-state index in [2.05, 4.69) is 31.6 Å². The third-order valence-electron chi connectivity index (χ3n) is 2.98. The molecule has 0 atom stereocenters. The van der Waals surface area contributed by atoms with Gasteiger partial charge in [-0.15, -0.1) is 0 Å². The molecule has 0 fully saturated rings. The fourth-order valence-corrected chi connectivity index (χ4v) is 1.49. The fraction of sp³-hybridized carbons (Fsp3) is 0.500. The molecule has 1 aromatic carbocycles. The van der Waals surface area contributed by atoms with Crippen molar-refractivity contribution in [3.8, 4) is 0 Å². The molecule has 0 spiro atoms. The SMILES string of the molecule is CC(C)(C)C(=O)NNC(=O)c1ccc(C(C)(C)C)cc1. The average molecular weight is 276 g/mol. The van der Waals surface area contributed by atoms with E-state index >= 15 is 0 Å². The van der Waals surface area contributed by atoms with Crippen LogP contribution in [0.25, 0.3) is 0 Å². The molecule has 0 saturated heterocycles. The molecule has 1 aromatic rings. The molecule has 0 bridgehead atoms. The smallest absolute Gasteiger partial charge is 0.269 e. The number of carbonyl (C=O) groups excluding carboxylic acids is 2. The number of amides is 2. The molecule has 0 unspecified atom stereocenters. The van der Waals surface area contributed by atoms with Gasteiger partial charge in [0, 0.05) is 11.0 Å². The first-order valence-corrected chi connectivity index (χ1v) is 6.73. The molecule has 20 heavy (non-hydrogen) atoms. The number of rotatable bonds is 1. The molecule has 4 nitrogen and oxygen atoms in total. The van der Waals surface area contributed by atoms with Crippen molar-refractivity contribution < 1.29 is 9.59 Å². The van der Waals surface area contributed by atoms with Crippen LogP contribution in [0.2, 0.25) is 0 Å². The van der Waals surface area contributed by atoms with Crippen molar-refractivity contribution in [2.45, 2.75) is 47.0 Å². The molecule has 2 amide bonds. The Balaban J connectivity index is 2.68. The normalized spacial score (nSPS) is 11.9. The highest BCUT2D eigenvalue weighted by Crippen LogP contribution is 2.22. The van der Waals surface area contributed by atoms with Gasteiger partial charge in [0.25, 0.3) is 5.91 Å². The number of hydrazine groups is 1. The highest BCUT2D eigenvalue weighted by atomic mass is 16.2. The Morgan fingerprint density at radius 2 is 1.35 bits per heavy atom. The summed E-state index contributed by atoms with van der Waals surface area (Å²) in [5, 5.41) is 0. The highest BCUT2D eigenvalue weighted by molar-refractivity contribution is 5.95. The predicted molar refractivity (Wildman–Crippen MR) is 80.2 cm³/mol. The minimum Gasteiger partial charge on any atom is -0.273 e. The van der Waals surface area contributed by atoms with Gasteiger partial charge >= 0.3 is 0 Å². The molecule has 0 aliphatic rings. The summed E-state index contributed by atoms with van der Waals surface area (Å²) in [4.78, 5) is 23.6. The van der Waals surface area contributed by atoms with Crippen LogP contribution in [0, 0.1) is 5.41 Å². The Bertz CT molecular complexity index is 491. The van der Waals surface area contributed by atoms with E-state index in [9.17, 15) is 9.59 Å². The number of benzene rings is 1. The largest absolute Gasteiger partial charge is 0.273 e. The Labute approximate surface area is 120 Å². The zero-order valence-corrected chi connectivity index (χ0v) is 13.1. The third-order valence-corrected chi connectivity index (χ3v) is 2.98. The van der Waals surface area contributed by atoms with Crippen LogP contribution in [0.3, 0.4) is 0 Å². The van der Waals surface area contributed by atoms with Crippen molar-refractivity contribution in [1.29, 1.82) is 0 Å². The zero-order chi connectivity index (χ0) is 15.6. The maximum Gasteiger partial charge on any atom is 0.269 e. The fourth-order valence-electron chi connectivity index (χ4n) is 1.49. The Hall–Kier alpha value is -1.84. The van der Waals surface area contributed by atoms with Crippen LogP contribution >= 0.6 is 0 Å². The van der Waals surface area contributed by atoms with Crippen molar-refractivity contribution in [1.82, 2.24) is 10.9 Å². The summed E-state index contributed by atoms with van der Waals surface area (Å²) in [5.74, 6) is -0.541. The molecule has 0 radical (unpaired) electrons. The van der Waals surface area contributed by atoms with Gasteiger partial charge in [0.1, 0.15) is 0 Å². The molecule has 0 aliphatic heterocycles. The standard InChI is InChI=1S/C16H24N2O2/c1-15(2,3)12-9-7-11(8-10-12)13(19)17-18-14(20)16(4,5)6/h7-10H,1-6H3,(H,17,19)(H,18,20). The van der Waals surface area contributed by atoms with Crippen molar-refractivity contribution in [3.63, 3.8) is 0 Å². The van der Waals surface area contributed by atoms with Crippen molar-refractivity contribution in [2.75, 3.05) is 0 Å². The molecule has 110 valence electrons. The van der Waals surface area contributed by atoms with Crippen LogP contribution in [-0.4, -0.2) is 11.8 Å². The lowest BCUT2D eigenvalue weighted by molar-refractivity contribution is -0.129. The van der Waals surface area contributed by atoms with Gasteiger partial charge < -0.3 is 0 Å². The molecular formula is C16H24N2O2. The summed E-state index contributed by atoms with van der Waals surface area (Å²) >= 11 is 0. The van der Waals surface area contributed by atoms with E-state index in [1.807, 2.05) is 12.1 Å². The summed E-state index contributed by atoms with van der Waals surface area (Å²) < 4.78 is 0. The number of carbonyl (C=O) groups is 2. The molecule has 0 heterocycles. The summed E-state index contributed by atoms with van der Waals surface area (Å²) in [5.41, 5.74) is 6.05. The van der Waals surface area contributed by atoms with Gasteiger partial charge in [-0.2, -0.15) is 0 Å². The number of hydrogen-bond acceptors (Lipinski definition) is 2. The topological polar surface area (TPSA) is 58.2 Å². The lowest BCUT2D eigenvalue weighted by Gasteiger charge is -2.19. The van der Waals surface area contributed by atoms with E-state index in [1.54, 1.807) is 32.9 Å². The molecule has 4 heteroatoms. The first kappa shape index (κ1) is 16.2. The van der Waals surface area contributed by atoms with Gasteiger partial charge in [-0.3, -0.25) is 20.4 Å². The predicted octanol–water partition coefficient (Wildman–Crippen LogP) is 2.79. The zero-order valence-electron chi connectivity index (χ0n) is 13.1. The maximum atomic E-state index is 11.9. The van der Waals surface area contributed by atoms with E-state index < -0.39 is 5.41 Å². The van der Waals surface area contributed by atoms with E-state index in [-0.39, 0.29) is 17.2 Å². The second-order valence-electron chi connectivity index (χ2n) is 6.99. The van der Waals surface area contributed by atoms with Gasteiger partial charge in [0.2, 0.25) is 5.91 Å². The van der Waals surface area contributed by atoms with Crippen molar-refractivity contribution >= 4 is 11.8 Å². The maximum absolute atomic E-state index is 11.9. The Kier molecular flexibility index (Phi) is 4.58. The van der Waals surface area contributed by atoms with Gasteiger partial charge in [0.15, 0.2) is 0 Å². The van der Waals surface area contributed by atoms with Crippen molar-refractivity contribution in [2.24, 2.45) is 5.41 Å². The van der Waals surface area contributed by atoms with Gasteiger partial charge in [0.05, 0.1) is 0 Å². The first-order chi connectivity index (χ1) is 9.01. The van der Waals surface area contributed by atoms with Crippen LogP contribution in [0.15, 0.2) is 24.3 Å². The lowest BCUT2D eigenvalue weighted by atomic mass is 9.87. The van der Waals surface area contributed by atoms with Crippen molar-refractivity contribution in [3.05, 3.63) is 35.4 Å². The van der Waals surface area contributed by atoms with Gasteiger partial charge in [-0.25, -0.2) is 0 Å². The van der Waals surface area contributed by atoms with Crippen LogP contribution in [0.5, 0.6) is 0 Å². The molecule has 0 saturated carbocycles. The Morgan fingerprint density at radius 3 is 1.75 bits per heavy atom. The minimum absolute atomic E-state index is 0.0510. The van der Waals surface area contributed by atoms with E-state index in [4.69, 9.17) is 0 Å². The van der Waals surface area contributed by atoms with Crippen LogP contribution < -0.4 is 10.9 Å². The highest BCUT2D eigenvalue weighted by Gasteiger charge is 2.21. The number of hydrogen-bond donors (Lipinski definition) is 2. The summed E-state index contributed by atoms with van der Waals surface area (Å²) in [6.07, 6.45) is 0. The average Bonchev–Trinajstić information content (AvgIpc) is 2.33. The number of nitrogens with one attached hydrogen (secondary N) is 2. The second kappa shape index (κ2) is 5.65. The van der Waals surface area contributed by atoms with Crippen LogP contribution in [0.4, 0.5) is 0 Å². The molecule has 1 rings (SSSR count). The molecular weight excluding hydrogens is 252 g/mol. The Morgan fingerprint density at radius 1 is 0.850 bits per heavy atom. The van der Waals surface area contributed by atoms with E-state index in [0.29, 0.717) is 5.56 Å². The summed E-state index contributed by atoms with van der Waals surface area (Å²) in [6.45, 7) is 11.7. The summed E-state index contributed by atoms with van der Waals surface area (Å²) in [6, 6.07) is 7.39. The molecule has 0 aromatic heterocycles. The molecule has 0 aliphatic carbocycles. The van der Waals surface area contributed by atoms with Gasteiger partial charge in [-0.05, 0) is 23.1 Å². The molecule has 2 N–H and O–H groups in total. The monoisotopic (exact) mass is 276 g/mol. The van der Waals surface area contributed by atoms with Crippen LogP contribution in [0.1, 0.15) is 57.5 Å².